The van der Waals surface area contributed by atoms with Crippen LogP contribution >= 0.6 is 11.9 Å². The van der Waals surface area contributed by atoms with Crippen LogP contribution in [0.2, 0.25) is 0 Å². The molecule has 2 aromatic rings. The van der Waals surface area contributed by atoms with E-state index < -0.39 is 0 Å². The van der Waals surface area contributed by atoms with Crippen molar-refractivity contribution in [3.05, 3.63) is 30.1 Å². The lowest BCUT2D eigenvalue weighted by atomic mass is 10.2. The number of morpholine rings is 1. The lowest BCUT2D eigenvalue weighted by molar-refractivity contribution is 0.0372. The molecule has 3 rings (SSSR count). The Kier molecular flexibility index (Phi) is 6.99. The standard InChI is InChI=1S/C19H29N3OS/c1-2-8-19-20-17-9-4-5-10-18(17)22(19)24-16-7-3-6-11-21-12-14-23-15-13-21/h4-5,9-10H,2-3,6-8,11-16H2,1H3. The minimum absolute atomic E-state index is 0.907. The normalized spacial score (nSPS) is 16.0. The third-order valence-electron chi connectivity index (χ3n) is 4.50. The number of hydrogen-bond acceptors (Lipinski definition) is 4. The summed E-state index contributed by atoms with van der Waals surface area (Å²) in [5.74, 6) is 2.39. The summed E-state index contributed by atoms with van der Waals surface area (Å²) in [6.45, 7) is 7.48. The quantitative estimate of drug-likeness (QED) is 0.642. The summed E-state index contributed by atoms with van der Waals surface area (Å²) >= 11 is 1.93. The van der Waals surface area contributed by atoms with Crippen LogP contribution in [-0.2, 0) is 11.2 Å². The molecule has 1 aromatic carbocycles. The predicted molar refractivity (Wildman–Crippen MR) is 103 cm³/mol. The second-order valence-electron chi connectivity index (χ2n) is 6.41. The van der Waals surface area contributed by atoms with Crippen LogP contribution in [-0.4, -0.2) is 52.5 Å². The molecule has 5 heteroatoms. The molecule has 1 aliphatic heterocycles. The van der Waals surface area contributed by atoms with E-state index in [4.69, 9.17) is 9.72 Å². The fourth-order valence-corrected chi connectivity index (χ4v) is 4.26. The van der Waals surface area contributed by atoms with Gasteiger partial charge in [0.25, 0.3) is 0 Å². The van der Waals surface area contributed by atoms with Crippen LogP contribution < -0.4 is 0 Å². The minimum atomic E-state index is 0.907. The molecule has 4 nitrogen and oxygen atoms in total. The van der Waals surface area contributed by atoms with E-state index in [1.807, 2.05) is 11.9 Å². The largest absolute Gasteiger partial charge is 0.379 e. The molecule has 0 spiro atoms. The monoisotopic (exact) mass is 347 g/mol. The summed E-state index contributed by atoms with van der Waals surface area (Å²) in [5, 5.41) is 0. The number of hydrogen-bond donors (Lipinski definition) is 0. The van der Waals surface area contributed by atoms with Gasteiger partial charge < -0.3 is 4.74 Å². The van der Waals surface area contributed by atoms with Crippen LogP contribution in [0.15, 0.2) is 24.3 Å². The first-order valence-electron chi connectivity index (χ1n) is 9.28. The topological polar surface area (TPSA) is 30.3 Å². The molecule has 24 heavy (non-hydrogen) atoms. The summed E-state index contributed by atoms with van der Waals surface area (Å²) in [6, 6.07) is 8.49. The Morgan fingerprint density at radius 3 is 2.79 bits per heavy atom. The van der Waals surface area contributed by atoms with Crippen LogP contribution in [0.5, 0.6) is 0 Å². The van der Waals surface area contributed by atoms with Gasteiger partial charge in [-0.1, -0.05) is 25.5 Å². The molecule has 0 amide bonds. The van der Waals surface area contributed by atoms with Crippen molar-refractivity contribution in [1.29, 1.82) is 0 Å². The zero-order chi connectivity index (χ0) is 16.6. The van der Waals surface area contributed by atoms with E-state index in [1.165, 1.54) is 42.9 Å². The van der Waals surface area contributed by atoms with Gasteiger partial charge in [0.1, 0.15) is 5.82 Å². The summed E-state index contributed by atoms with van der Waals surface area (Å²) in [5.41, 5.74) is 2.39. The molecule has 0 aliphatic carbocycles. The number of rotatable bonds is 9. The SMILES string of the molecule is CCCc1nc2ccccc2n1SCCCCCN1CCOCC1. The summed E-state index contributed by atoms with van der Waals surface area (Å²) in [4.78, 5) is 7.33. The van der Waals surface area contributed by atoms with Crippen molar-refractivity contribution in [2.75, 3.05) is 38.6 Å². The third-order valence-corrected chi connectivity index (χ3v) is 5.64. The lowest BCUT2D eigenvalue weighted by Crippen LogP contribution is -2.36. The summed E-state index contributed by atoms with van der Waals surface area (Å²) in [7, 11) is 0. The zero-order valence-corrected chi connectivity index (χ0v) is 15.6. The average Bonchev–Trinajstić information content (AvgIpc) is 2.97. The highest BCUT2D eigenvalue weighted by Crippen LogP contribution is 2.23. The van der Waals surface area contributed by atoms with Gasteiger partial charge in [0, 0.05) is 25.3 Å². The molecule has 0 radical (unpaired) electrons. The fraction of sp³-hybridized carbons (Fsp3) is 0.632. The van der Waals surface area contributed by atoms with E-state index in [-0.39, 0.29) is 0 Å². The molecular weight excluding hydrogens is 318 g/mol. The van der Waals surface area contributed by atoms with Crippen molar-refractivity contribution in [1.82, 2.24) is 13.9 Å². The van der Waals surface area contributed by atoms with Gasteiger partial charge in [-0.25, -0.2) is 4.98 Å². The Bertz CT molecular complexity index is 622. The first-order chi connectivity index (χ1) is 11.9. The smallest absolute Gasteiger partial charge is 0.120 e. The van der Waals surface area contributed by atoms with E-state index in [1.54, 1.807) is 0 Å². The second-order valence-corrected chi connectivity index (χ2v) is 7.44. The first-order valence-corrected chi connectivity index (χ1v) is 10.2. The maximum absolute atomic E-state index is 5.40. The maximum Gasteiger partial charge on any atom is 0.120 e. The number of unbranched alkanes of at least 4 members (excludes halogenated alkanes) is 2. The number of imidazole rings is 1. The first kappa shape index (κ1) is 17.8. The fourth-order valence-electron chi connectivity index (χ4n) is 3.17. The maximum atomic E-state index is 5.40. The third kappa shape index (κ3) is 4.74. The van der Waals surface area contributed by atoms with Crippen molar-refractivity contribution in [2.45, 2.75) is 39.0 Å². The highest BCUT2D eigenvalue weighted by Gasteiger charge is 2.11. The minimum Gasteiger partial charge on any atom is -0.379 e. The zero-order valence-electron chi connectivity index (χ0n) is 14.7. The van der Waals surface area contributed by atoms with Crippen molar-refractivity contribution in [2.24, 2.45) is 0 Å². The van der Waals surface area contributed by atoms with Crippen molar-refractivity contribution in [3.8, 4) is 0 Å². The van der Waals surface area contributed by atoms with Gasteiger partial charge in [-0.05, 0) is 49.9 Å². The Labute approximate surface area is 149 Å². The van der Waals surface area contributed by atoms with Gasteiger partial charge >= 0.3 is 0 Å². The van der Waals surface area contributed by atoms with Crippen LogP contribution in [0.3, 0.4) is 0 Å². The number of ether oxygens (including phenoxy) is 1. The molecule has 0 unspecified atom stereocenters. The van der Waals surface area contributed by atoms with Crippen molar-refractivity contribution >= 4 is 23.0 Å². The Morgan fingerprint density at radius 1 is 1.12 bits per heavy atom. The number of aromatic nitrogens is 2. The van der Waals surface area contributed by atoms with Crippen LogP contribution in [0.1, 0.15) is 38.4 Å². The van der Waals surface area contributed by atoms with E-state index in [9.17, 15) is 0 Å². The second kappa shape index (κ2) is 9.44. The van der Waals surface area contributed by atoms with Crippen LogP contribution in [0.4, 0.5) is 0 Å². The molecule has 1 aliphatic rings. The van der Waals surface area contributed by atoms with E-state index in [0.29, 0.717) is 0 Å². The molecule has 2 heterocycles. The van der Waals surface area contributed by atoms with E-state index in [0.717, 1.165) is 44.7 Å². The van der Waals surface area contributed by atoms with Gasteiger partial charge in [0.05, 0.1) is 24.2 Å². The Balaban J connectivity index is 1.44. The molecule has 1 fully saturated rings. The molecular formula is C19H29N3OS. The molecule has 1 aromatic heterocycles. The Hall–Kier alpha value is -1.04. The molecule has 0 bridgehead atoms. The highest BCUT2D eigenvalue weighted by atomic mass is 32.2. The summed E-state index contributed by atoms with van der Waals surface area (Å²) < 4.78 is 7.76. The number of benzene rings is 1. The molecule has 0 saturated carbocycles. The van der Waals surface area contributed by atoms with E-state index in [2.05, 4.69) is 40.1 Å². The molecule has 1 saturated heterocycles. The van der Waals surface area contributed by atoms with Gasteiger partial charge in [0.15, 0.2) is 0 Å². The van der Waals surface area contributed by atoms with Gasteiger partial charge in [-0.15, -0.1) is 0 Å². The Morgan fingerprint density at radius 2 is 1.96 bits per heavy atom. The van der Waals surface area contributed by atoms with Gasteiger partial charge in [-0.2, -0.15) is 0 Å². The van der Waals surface area contributed by atoms with Gasteiger partial charge in [-0.3, -0.25) is 8.87 Å². The van der Waals surface area contributed by atoms with E-state index >= 15 is 0 Å². The highest BCUT2D eigenvalue weighted by molar-refractivity contribution is 7.98. The number of para-hydroxylation sites is 2. The van der Waals surface area contributed by atoms with Crippen LogP contribution in [0.25, 0.3) is 11.0 Å². The number of fused-ring (bicyclic) bond motifs is 1. The molecule has 132 valence electrons. The number of aryl methyl sites for hydroxylation is 1. The molecule has 0 N–H and O–H groups in total. The van der Waals surface area contributed by atoms with Crippen LogP contribution in [0, 0.1) is 0 Å². The molecule has 0 atom stereocenters. The average molecular weight is 348 g/mol. The van der Waals surface area contributed by atoms with Gasteiger partial charge in [0.2, 0.25) is 0 Å². The number of nitrogens with zero attached hydrogens (tertiary/aromatic N) is 3. The lowest BCUT2D eigenvalue weighted by Gasteiger charge is -2.26. The summed E-state index contributed by atoms with van der Waals surface area (Å²) in [6.07, 6.45) is 6.07. The predicted octanol–water partition coefficient (Wildman–Crippen LogP) is 3.99. The van der Waals surface area contributed by atoms with Crippen molar-refractivity contribution in [3.63, 3.8) is 0 Å². The van der Waals surface area contributed by atoms with Crippen molar-refractivity contribution < 1.29 is 4.74 Å².